The van der Waals surface area contributed by atoms with Crippen LogP contribution in [0.4, 0.5) is 4.79 Å². The van der Waals surface area contributed by atoms with Crippen molar-refractivity contribution >= 4 is 30.0 Å². The molecule has 0 radical (unpaired) electrons. The third-order valence-corrected chi connectivity index (χ3v) is 3.59. The van der Waals surface area contributed by atoms with E-state index < -0.39 is 53.8 Å². The van der Waals surface area contributed by atoms with E-state index in [1.807, 2.05) is 0 Å². The molecule has 0 atom stereocenters. The highest BCUT2D eigenvalue weighted by Crippen LogP contribution is 2.23. The van der Waals surface area contributed by atoms with Crippen LogP contribution >= 0.6 is 0 Å². The van der Waals surface area contributed by atoms with Crippen molar-refractivity contribution in [3.05, 3.63) is 0 Å². The van der Waals surface area contributed by atoms with Crippen molar-refractivity contribution < 1.29 is 48.8 Å². The van der Waals surface area contributed by atoms with Gasteiger partial charge >= 0.3 is 30.0 Å². The zero-order valence-corrected chi connectivity index (χ0v) is 14.7. The second-order valence-corrected chi connectivity index (χ2v) is 6.13. The number of carboxylic acid groups (broad SMARTS) is 3. The third kappa shape index (κ3) is 7.36. The number of rotatable bonds is 11. The summed E-state index contributed by atoms with van der Waals surface area (Å²) < 4.78 is 9.51. The van der Waals surface area contributed by atoms with Crippen LogP contribution in [-0.4, -0.2) is 64.0 Å². The Morgan fingerprint density at radius 1 is 0.962 bits per heavy atom. The minimum absolute atomic E-state index is 0.227. The Balaban J connectivity index is 4.76. The molecule has 0 rings (SSSR count). The number of carbonyl (C=O) groups excluding carboxylic acids is 2. The number of hydrogen-bond acceptors (Lipinski definition) is 7. The molecule has 0 aromatic heterocycles. The fraction of sp³-hybridized carbons (Fsp3) is 0.667. The van der Waals surface area contributed by atoms with Crippen LogP contribution < -0.4 is 5.32 Å². The first-order chi connectivity index (χ1) is 11.9. The van der Waals surface area contributed by atoms with Crippen molar-refractivity contribution in [2.45, 2.75) is 45.6 Å². The first-order valence-corrected chi connectivity index (χ1v) is 7.67. The van der Waals surface area contributed by atoms with Gasteiger partial charge in [0.1, 0.15) is 6.61 Å². The Morgan fingerprint density at radius 2 is 1.46 bits per heavy atom. The molecule has 0 aliphatic carbocycles. The summed E-state index contributed by atoms with van der Waals surface area (Å²) in [5.41, 5.74) is -3.47. The molecule has 4 N–H and O–H groups in total. The van der Waals surface area contributed by atoms with E-state index in [-0.39, 0.29) is 13.2 Å². The van der Waals surface area contributed by atoms with Gasteiger partial charge in [0.05, 0.1) is 24.8 Å². The Hall–Kier alpha value is -2.85. The normalized spacial score (nSPS) is 11.3. The summed E-state index contributed by atoms with van der Waals surface area (Å²) >= 11 is 0. The lowest BCUT2D eigenvalue weighted by Gasteiger charge is -2.26. The third-order valence-electron chi connectivity index (χ3n) is 3.59. The zero-order chi connectivity index (χ0) is 20.5. The number of esters is 1. The molecule has 1 amide bonds. The quantitative estimate of drug-likeness (QED) is 0.292. The van der Waals surface area contributed by atoms with E-state index in [4.69, 9.17) is 20.1 Å². The fourth-order valence-electron chi connectivity index (χ4n) is 1.67. The zero-order valence-electron chi connectivity index (χ0n) is 14.7. The van der Waals surface area contributed by atoms with Crippen LogP contribution in [0.1, 0.15) is 40.0 Å². The number of carboxylic acids is 3. The molecule has 11 heteroatoms. The van der Waals surface area contributed by atoms with Crippen LogP contribution in [0.5, 0.6) is 0 Å². The summed E-state index contributed by atoms with van der Waals surface area (Å²) in [6, 6.07) is 0. The fourth-order valence-corrected chi connectivity index (χ4v) is 1.67. The van der Waals surface area contributed by atoms with Crippen molar-refractivity contribution in [2.75, 3.05) is 13.2 Å². The summed E-state index contributed by atoms with van der Waals surface area (Å²) in [4.78, 5) is 56.3. The molecular weight excluding hydrogens is 354 g/mol. The van der Waals surface area contributed by atoms with Crippen molar-refractivity contribution in [2.24, 2.45) is 5.41 Å². The number of amides is 1. The van der Waals surface area contributed by atoms with Gasteiger partial charge in [0.25, 0.3) is 0 Å². The summed E-state index contributed by atoms with van der Waals surface area (Å²) in [5, 5.41) is 28.8. The number of alkyl carbamates (subject to hydrolysis) is 1. The molecule has 0 unspecified atom stereocenters. The van der Waals surface area contributed by atoms with Gasteiger partial charge in [0.15, 0.2) is 0 Å². The average Bonchev–Trinajstić information content (AvgIpc) is 2.49. The van der Waals surface area contributed by atoms with Crippen molar-refractivity contribution in [1.82, 2.24) is 5.32 Å². The molecule has 148 valence electrons. The maximum absolute atomic E-state index is 11.7. The molecule has 26 heavy (non-hydrogen) atoms. The van der Waals surface area contributed by atoms with E-state index in [9.17, 15) is 24.0 Å². The molecule has 0 spiro atoms. The predicted molar refractivity (Wildman–Crippen MR) is 84.4 cm³/mol. The Morgan fingerprint density at radius 3 is 1.85 bits per heavy atom. The molecule has 0 bridgehead atoms. The van der Waals surface area contributed by atoms with Crippen LogP contribution in [0.15, 0.2) is 0 Å². The van der Waals surface area contributed by atoms with Crippen LogP contribution in [0.2, 0.25) is 0 Å². The van der Waals surface area contributed by atoms with Gasteiger partial charge in [-0.15, -0.1) is 0 Å². The lowest BCUT2D eigenvalue weighted by atomic mass is 9.91. The molecule has 0 aliphatic rings. The highest BCUT2D eigenvalue weighted by molar-refractivity contribution is 5.90. The second-order valence-electron chi connectivity index (χ2n) is 6.13. The van der Waals surface area contributed by atoms with E-state index >= 15 is 0 Å². The van der Waals surface area contributed by atoms with Gasteiger partial charge in [0, 0.05) is 0 Å². The summed E-state index contributed by atoms with van der Waals surface area (Å²) in [6.07, 6.45) is -3.28. The van der Waals surface area contributed by atoms with Gasteiger partial charge in [-0.1, -0.05) is 6.92 Å². The number of aliphatic carboxylic acids is 3. The van der Waals surface area contributed by atoms with Gasteiger partial charge in [-0.2, -0.15) is 0 Å². The first-order valence-electron chi connectivity index (χ1n) is 7.67. The van der Waals surface area contributed by atoms with Gasteiger partial charge in [-0.25, -0.2) is 9.59 Å². The molecule has 0 heterocycles. The Labute approximate surface area is 149 Å². The first kappa shape index (κ1) is 23.1. The second kappa shape index (κ2) is 9.59. The van der Waals surface area contributed by atoms with Crippen LogP contribution in [0.25, 0.3) is 0 Å². The minimum Gasteiger partial charge on any atom is -0.481 e. The molecule has 0 fully saturated rings. The molecule has 0 aliphatic heterocycles. The summed E-state index contributed by atoms with van der Waals surface area (Å²) in [7, 11) is 0. The molecular formula is C15H23NO10. The maximum atomic E-state index is 11.7. The number of hydrogen-bond donors (Lipinski definition) is 4. The lowest BCUT2D eigenvalue weighted by molar-refractivity contribution is -0.170. The van der Waals surface area contributed by atoms with Gasteiger partial charge in [-0.3, -0.25) is 14.4 Å². The van der Waals surface area contributed by atoms with E-state index in [2.05, 4.69) is 10.1 Å². The van der Waals surface area contributed by atoms with Crippen molar-refractivity contribution in [3.63, 3.8) is 0 Å². The Kier molecular flexibility index (Phi) is 8.54. The van der Waals surface area contributed by atoms with E-state index in [0.29, 0.717) is 6.42 Å². The molecule has 0 saturated heterocycles. The SMILES string of the molecule is CCC(C)(C)C(=O)OCCNC(=O)OC(CC(=O)O)(CC(=O)O)C(=O)O. The summed E-state index contributed by atoms with van der Waals surface area (Å²) in [5.74, 6) is -5.71. The predicted octanol–water partition coefficient (Wildman–Crippen LogP) is 0.465. The topological polar surface area (TPSA) is 177 Å². The molecule has 0 aromatic rings. The van der Waals surface area contributed by atoms with E-state index in [0.717, 1.165) is 0 Å². The maximum Gasteiger partial charge on any atom is 0.408 e. The van der Waals surface area contributed by atoms with Crippen molar-refractivity contribution in [1.29, 1.82) is 0 Å². The standard InChI is InChI=1S/C15H23NO10/c1-4-14(2,3)12(23)25-6-5-16-13(24)26-15(11(21)22,7-9(17)18)8-10(19)20/h4-8H2,1-3H3,(H,16,24)(H,17,18)(H,19,20)(H,21,22). The van der Waals surface area contributed by atoms with E-state index in [1.54, 1.807) is 20.8 Å². The molecule has 0 aromatic carbocycles. The molecule has 0 saturated carbocycles. The minimum atomic E-state index is -2.76. The monoisotopic (exact) mass is 377 g/mol. The smallest absolute Gasteiger partial charge is 0.408 e. The van der Waals surface area contributed by atoms with Gasteiger partial charge in [-0.05, 0) is 20.3 Å². The summed E-state index contributed by atoms with van der Waals surface area (Å²) in [6.45, 7) is 4.69. The number of ether oxygens (including phenoxy) is 2. The van der Waals surface area contributed by atoms with Gasteiger partial charge in [0.2, 0.25) is 5.60 Å². The average molecular weight is 377 g/mol. The highest BCUT2D eigenvalue weighted by atomic mass is 16.6. The Bertz CT molecular complexity index is 553. The highest BCUT2D eigenvalue weighted by Gasteiger charge is 2.47. The number of carbonyl (C=O) groups is 5. The van der Waals surface area contributed by atoms with Crippen LogP contribution in [0, 0.1) is 5.41 Å². The van der Waals surface area contributed by atoms with E-state index in [1.165, 1.54) is 0 Å². The van der Waals surface area contributed by atoms with Gasteiger partial charge < -0.3 is 30.1 Å². The lowest BCUT2D eigenvalue weighted by Crippen LogP contribution is -2.49. The molecule has 11 nitrogen and oxygen atoms in total. The van der Waals surface area contributed by atoms with Crippen LogP contribution in [-0.2, 0) is 28.7 Å². The number of nitrogens with one attached hydrogen (secondary N) is 1. The van der Waals surface area contributed by atoms with Crippen molar-refractivity contribution in [3.8, 4) is 0 Å². The van der Waals surface area contributed by atoms with Crippen LogP contribution in [0.3, 0.4) is 0 Å². The largest absolute Gasteiger partial charge is 0.481 e.